The smallest absolute Gasteiger partial charge is 0.300 e. The maximum Gasteiger partial charge on any atom is 0.300 e. The Kier molecular flexibility index (Phi) is 2.58. The van der Waals surface area contributed by atoms with Gasteiger partial charge in [-0.25, -0.2) is 0 Å². The van der Waals surface area contributed by atoms with Crippen molar-refractivity contribution in [3.8, 4) is 0 Å². The summed E-state index contributed by atoms with van der Waals surface area (Å²) >= 11 is 0. The van der Waals surface area contributed by atoms with Gasteiger partial charge < -0.3 is 5.11 Å². The van der Waals surface area contributed by atoms with Crippen molar-refractivity contribution in [1.29, 1.82) is 0 Å². The molecule has 1 N–H and O–H groups in total. The van der Waals surface area contributed by atoms with Gasteiger partial charge >= 0.3 is 0 Å². The first-order chi connectivity index (χ1) is 3.23. The zero-order valence-corrected chi connectivity index (χ0v) is 3.58. The molecule has 0 aliphatic carbocycles. The van der Waals surface area contributed by atoms with Gasteiger partial charge in [0.25, 0.3) is 5.97 Å². The van der Waals surface area contributed by atoms with Crippen LogP contribution in [0, 0.1) is 0 Å². The van der Waals surface area contributed by atoms with Crippen LogP contribution in [0.1, 0.15) is 6.92 Å². The molecule has 0 saturated carbocycles. The monoisotopic (exact) mass is 108 g/mol. The van der Waals surface area contributed by atoms with Crippen molar-refractivity contribution in [3.05, 3.63) is 0 Å². The van der Waals surface area contributed by atoms with E-state index >= 15 is 0 Å². The summed E-state index contributed by atoms with van der Waals surface area (Å²) in [5.41, 5.74) is 0. The van der Waals surface area contributed by atoms with Crippen LogP contribution in [0.25, 0.3) is 0 Å². The molecule has 1 aromatic rings. The number of hydrogen-bond donors (Lipinski definition) is 1. The number of carboxylic acid groups (broad SMARTS) is 1. The molecule has 42 valence electrons. The highest BCUT2D eigenvalue weighted by molar-refractivity contribution is 5.62. The van der Waals surface area contributed by atoms with Gasteiger partial charge in [-0.05, 0) is 0 Å². The van der Waals surface area contributed by atoms with E-state index < -0.39 is 5.97 Å². The van der Waals surface area contributed by atoms with Crippen LogP contribution in [0.4, 0.5) is 0 Å². The average Bonchev–Trinajstić information content (AvgIpc) is 2.02. The van der Waals surface area contributed by atoms with Gasteiger partial charge in [0.15, 0.2) is 0 Å². The molecule has 1 aromatic heterocycles. The first-order valence-electron chi connectivity index (χ1n) is 1.43. The van der Waals surface area contributed by atoms with Crippen LogP contribution >= 0.6 is 0 Å². The Morgan fingerprint density at radius 3 is 1.57 bits per heavy atom. The lowest BCUT2D eigenvalue weighted by molar-refractivity contribution is -0.134. The second-order valence-corrected chi connectivity index (χ2v) is 0.723. The fourth-order valence-electron chi connectivity index (χ4n) is 0. The normalized spacial score (nSPS) is 7.00. The fourth-order valence-corrected chi connectivity index (χ4v) is 0. The molecule has 0 saturated heterocycles. The number of hydrogen-bond acceptors (Lipinski definition) is 4. The minimum Gasteiger partial charge on any atom is -0.481 e. The molecule has 7 heavy (non-hydrogen) atoms. The summed E-state index contributed by atoms with van der Waals surface area (Å²) in [5, 5.41) is 7.42. The molecule has 1 rings (SSSR count). The largest absolute Gasteiger partial charge is 0.481 e. The molecule has 0 fully saturated rings. The third-order valence-electron chi connectivity index (χ3n) is 0.0680. The second-order valence-electron chi connectivity index (χ2n) is 0.723. The lowest BCUT2D eigenvalue weighted by Gasteiger charge is -1.59. The first kappa shape index (κ1) is 5.87. The van der Waals surface area contributed by atoms with Gasteiger partial charge in [-0.15, -0.1) is 0 Å². The summed E-state index contributed by atoms with van der Waals surface area (Å²) in [6, 6.07) is 0. The van der Waals surface area contributed by atoms with Gasteiger partial charge in [-0.1, -0.05) is 0 Å². The summed E-state index contributed by atoms with van der Waals surface area (Å²) in [4.78, 5) is 9.00. The molecule has 0 aliphatic heterocycles. The topological polar surface area (TPSA) is 76.7 Å². The molecule has 5 heteroatoms. The van der Waals surface area contributed by atoms with Crippen LogP contribution in [0.15, 0.2) is 14.2 Å². The molecule has 0 radical (unpaired) electrons. The fraction of sp³-hybridized carbons (Fsp3) is 0.500. The van der Waals surface area contributed by atoms with E-state index in [-0.39, 0.29) is 0 Å². The van der Waals surface area contributed by atoms with Gasteiger partial charge in [0, 0.05) is 21.1 Å². The van der Waals surface area contributed by atoms with Crippen LogP contribution in [0.2, 0.25) is 0 Å². The number of aliphatic carboxylic acids is 1. The molecule has 0 amide bonds. The van der Waals surface area contributed by atoms with E-state index in [0.717, 1.165) is 6.92 Å². The van der Waals surface area contributed by atoms with E-state index in [2.05, 4.69) is 14.2 Å². The molecule has 0 aliphatic rings. The third-order valence-corrected chi connectivity index (χ3v) is 0.0680. The van der Waals surface area contributed by atoms with Crippen molar-refractivity contribution in [2.45, 2.75) is 6.92 Å². The minimum absolute atomic E-state index is 0.833. The molecule has 0 aromatic carbocycles. The average molecular weight is 108 g/mol. The Morgan fingerprint density at radius 1 is 1.43 bits per heavy atom. The molecule has 1 heterocycles. The summed E-state index contributed by atoms with van der Waals surface area (Å²) in [7, 11) is 0. The molecule has 5 nitrogen and oxygen atoms in total. The van der Waals surface area contributed by atoms with Crippen LogP contribution < -0.4 is 0 Å². The Bertz CT molecular complexity index is 84.6. The Morgan fingerprint density at radius 2 is 1.57 bits per heavy atom. The van der Waals surface area contributed by atoms with Crippen molar-refractivity contribution < 1.29 is 24.1 Å². The predicted molar refractivity (Wildman–Crippen MR) is 16.5 cm³/mol. The zero-order chi connectivity index (χ0) is 5.70. The standard InChI is InChI=1S/C2H4O2.O3/c1-2(3)4;1-2-3-1/h1H3,(H,3,4);. The Hall–Kier alpha value is -1.13. The van der Waals surface area contributed by atoms with E-state index in [9.17, 15) is 0 Å². The van der Waals surface area contributed by atoms with Crippen LogP contribution in [-0.4, -0.2) is 11.1 Å². The molecule has 0 atom stereocenters. The number of carbonyl (C=O) groups is 1. The van der Waals surface area contributed by atoms with Crippen molar-refractivity contribution in [2.75, 3.05) is 0 Å². The van der Waals surface area contributed by atoms with Gasteiger partial charge in [0.1, 0.15) is 0 Å². The van der Waals surface area contributed by atoms with E-state index in [4.69, 9.17) is 9.90 Å². The van der Waals surface area contributed by atoms with Crippen molar-refractivity contribution in [3.63, 3.8) is 0 Å². The molecule has 0 spiro atoms. The first-order valence-corrected chi connectivity index (χ1v) is 1.43. The highest BCUT2D eigenvalue weighted by Gasteiger charge is 1.65. The highest BCUT2D eigenvalue weighted by atomic mass is 17.6. The van der Waals surface area contributed by atoms with Gasteiger partial charge in [0.05, 0.1) is 0 Å². The summed E-state index contributed by atoms with van der Waals surface area (Å²) in [6.07, 6.45) is 0. The van der Waals surface area contributed by atoms with Gasteiger partial charge in [-0.3, -0.25) is 4.79 Å². The lowest BCUT2D eigenvalue weighted by Crippen LogP contribution is -1.78. The summed E-state index contributed by atoms with van der Waals surface area (Å²) in [6.45, 7) is 1.08. The highest BCUT2D eigenvalue weighted by Crippen LogP contribution is 1.79. The van der Waals surface area contributed by atoms with Crippen LogP contribution in [0.5, 0.6) is 0 Å². The second kappa shape index (κ2) is 3.08. The quantitative estimate of drug-likeness (QED) is 0.491. The minimum atomic E-state index is -0.833. The number of carboxylic acids is 1. The predicted octanol–water partition coefficient (Wildman–Crippen LogP) is 0.556. The summed E-state index contributed by atoms with van der Waals surface area (Å²) in [5.74, 6) is -0.833. The van der Waals surface area contributed by atoms with Crippen molar-refractivity contribution in [1.82, 2.24) is 0 Å². The number of rotatable bonds is 0. The van der Waals surface area contributed by atoms with Crippen LogP contribution in [-0.2, 0) is 4.79 Å². The molecular weight excluding hydrogens is 104 g/mol. The molecule has 0 unspecified atom stereocenters. The lowest BCUT2D eigenvalue weighted by atomic mass is 10.9. The Labute approximate surface area is 38.3 Å². The maximum absolute atomic E-state index is 9.00. The van der Waals surface area contributed by atoms with Crippen molar-refractivity contribution in [2.24, 2.45) is 0 Å². The van der Waals surface area contributed by atoms with Crippen molar-refractivity contribution >= 4 is 5.97 Å². The van der Waals surface area contributed by atoms with Gasteiger partial charge in [0.2, 0.25) is 0 Å². The van der Waals surface area contributed by atoms with E-state index in [1.807, 2.05) is 0 Å². The van der Waals surface area contributed by atoms with E-state index in [0.29, 0.717) is 0 Å². The molecular formula is C2H4O5. The zero-order valence-electron chi connectivity index (χ0n) is 3.58. The Balaban J connectivity index is 0.000000105. The summed E-state index contributed by atoms with van der Waals surface area (Å²) < 4.78 is 10.5. The van der Waals surface area contributed by atoms with E-state index in [1.54, 1.807) is 0 Å². The third kappa shape index (κ3) is 2370. The maximum atomic E-state index is 9.00. The van der Waals surface area contributed by atoms with E-state index in [1.165, 1.54) is 0 Å². The van der Waals surface area contributed by atoms with Crippen LogP contribution in [0.3, 0.4) is 0 Å². The SMILES string of the molecule is CC(=O)O.o1oo1. The van der Waals surface area contributed by atoms with Gasteiger partial charge in [-0.2, -0.15) is 0 Å². The molecule has 0 bridgehead atoms.